The number of benzene rings is 1. The highest BCUT2D eigenvalue weighted by atomic mass is 16.5. The fourth-order valence-corrected chi connectivity index (χ4v) is 5.57. The fraction of sp³-hybridized carbons (Fsp3) is 0.654. The van der Waals surface area contributed by atoms with E-state index in [0.717, 1.165) is 32.1 Å². The van der Waals surface area contributed by atoms with Crippen molar-refractivity contribution in [3.8, 4) is 5.75 Å². The van der Waals surface area contributed by atoms with Crippen LogP contribution in [0.2, 0.25) is 0 Å². The molecule has 3 heterocycles. The molecule has 4 aliphatic rings. The third-order valence-electron chi connectivity index (χ3n) is 7.96. The van der Waals surface area contributed by atoms with Gasteiger partial charge in [0.2, 0.25) is 11.8 Å². The summed E-state index contributed by atoms with van der Waals surface area (Å²) in [7, 11) is 1.58. The third kappa shape index (κ3) is 4.76. The third-order valence-corrected chi connectivity index (χ3v) is 7.96. The molecule has 9 heteroatoms. The van der Waals surface area contributed by atoms with Gasteiger partial charge in [-0.05, 0) is 49.9 Å². The van der Waals surface area contributed by atoms with Gasteiger partial charge in [-0.2, -0.15) is 0 Å². The molecule has 0 radical (unpaired) electrons. The molecular weight excluding hydrogens is 450 g/mol. The Labute approximate surface area is 206 Å². The van der Waals surface area contributed by atoms with Gasteiger partial charge in [-0.15, -0.1) is 0 Å². The second-order valence-corrected chi connectivity index (χ2v) is 10.0. The molecule has 190 valence electrons. The van der Waals surface area contributed by atoms with Gasteiger partial charge in [-0.25, -0.2) is 0 Å². The van der Waals surface area contributed by atoms with E-state index in [2.05, 4.69) is 5.32 Å². The van der Waals surface area contributed by atoms with Crippen molar-refractivity contribution >= 4 is 17.7 Å². The summed E-state index contributed by atoms with van der Waals surface area (Å²) in [5.41, 5.74) is -0.431. The van der Waals surface area contributed by atoms with E-state index >= 15 is 0 Å². The number of hydrogen-bond acceptors (Lipinski definition) is 6. The van der Waals surface area contributed by atoms with Crippen molar-refractivity contribution in [2.24, 2.45) is 5.92 Å². The van der Waals surface area contributed by atoms with Crippen LogP contribution < -0.4 is 10.1 Å². The van der Waals surface area contributed by atoms with Crippen LogP contribution in [0.5, 0.6) is 5.75 Å². The van der Waals surface area contributed by atoms with Gasteiger partial charge in [0, 0.05) is 50.6 Å². The zero-order valence-corrected chi connectivity index (χ0v) is 20.4. The summed E-state index contributed by atoms with van der Waals surface area (Å²) in [6, 6.07) is 6.17. The summed E-state index contributed by atoms with van der Waals surface area (Å²) in [4.78, 5) is 43.4. The van der Waals surface area contributed by atoms with Crippen LogP contribution in [0.3, 0.4) is 0 Å². The molecule has 35 heavy (non-hydrogen) atoms. The van der Waals surface area contributed by atoms with Crippen molar-refractivity contribution in [3.63, 3.8) is 0 Å². The van der Waals surface area contributed by atoms with E-state index in [-0.39, 0.29) is 36.4 Å². The minimum absolute atomic E-state index is 0.0155. The van der Waals surface area contributed by atoms with Gasteiger partial charge in [0.1, 0.15) is 17.5 Å². The number of hydrogen-bond donors (Lipinski definition) is 1. The lowest BCUT2D eigenvalue weighted by molar-refractivity contribution is -0.149. The topological polar surface area (TPSA) is 97.4 Å². The van der Waals surface area contributed by atoms with E-state index in [1.807, 2.05) is 4.90 Å². The number of methoxy groups -OCH3 is 1. The highest BCUT2D eigenvalue weighted by Crippen LogP contribution is 2.40. The molecule has 3 aliphatic heterocycles. The highest BCUT2D eigenvalue weighted by Gasteiger charge is 2.54. The number of carbonyl (C=O) groups excluding carboxylic acids is 3. The molecule has 1 saturated carbocycles. The average Bonchev–Trinajstić information content (AvgIpc) is 3.50. The molecule has 5 rings (SSSR count). The monoisotopic (exact) mass is 485 g/mol. The first kappa shape index (κ1) is 24.1. The Balaban J connectivity index is 1.33. The quantitative estimate of drug-likeness (QED) is 0.662. The van der Waals surface area contributed by atoms with Gasteiger partial charge in [-0.1, -0.05) is 6.42 Å². The number of piperidine rings is 1. The summed E-state index contributed by atoms with van der Waals surface area (Å²) in [6.45, 7) is 2.32. The van der Waals surface area contributed by atoms with E-state index in [9.17, 15) is 14.4 Å². The van der Waals surface area contributed by atoms with Gasteiger partial charge >= 0.3 is 0 Å². The van der Waals surface area contributed by atoms with Crippen molar-refractivity contribution < 1.29 is 28.6 Å². The summed E-state index contributed by atoms with van der Waals surface area (Å²) < 4.78 is 17.1. The van der Waals surface area contributed by atoms with E-state index in [1.165, 1.54) is 0 Å². The predicted octanol–water partition coefficient (Wildman–Crippen LogP) is 1.95. The molecule has 0 unspecified atom stereocenters. The summed E-state index contributed by atoms with van der Waals surface area (Å²) in [5.74, 6) is 0.529. The van der Waals surface area contributed by atoms with Crippen LogP contribution in [0.1, 0.15) is 55.3 Å². The van der Waals surface area contributed by atoms with E-state index < -0.39 is 11.8 Å². The van der Waals surface area contributed by atoms with Crippen LogP contribution in [0.25, 0.3) is 0 Å². The van der Waals surface area contributed by atoms with Crippen LogP contribution in [0.15, 0.2) is 24.3 Å². The molecule has 1 aromatic carbocycles. The SMILES string of the molecule is COc1ccc(C(=O)N2[C@@H](C(=O)NC[C@@H]3CCCO3)COC23CCN(C(=O)C2CCC2)CC3)cc1. The van der Waals surface area contributed by atoms with Gasteiger partial charge in [0.25, 0.3) is 5.91 Å². The lowest BCUT2D eigenvalue weighted by atomic mass is 9.83. The normalized spacial score (nSPS) is 26.0. The summed E-state index contributed by atoms with van der Waals surface area (Å²) in [6.07, 6.45) is 5.95. The van der Waals surface area contributed by atoms with Crippen molar-refractivity contribution in [2.45, 2.75) is 62.8 Å². The molecule has 0 bridgehead atoms. The summed E-state index contributed by atoms with van der Waals surface area (Å²) >= 11 is 0. The van der Waals surface area contributed by atoms with Crippen LogP contribution in [0.4, 0.5) is 0 Å². The van der Waals surface area contributed by atoms with Crippen LogP contribution in [-0.4, -0.2) is 85.3 Å². The molecule has 2 atom stereocenters. The van der Waals surface area contributed by atoms with Crippen molar-refractivity contribution in [3.05, 3.63) is 29.8 Å². The number of carbonyl (C=O) groups is 3. The molecule has 3 amide bonds. The molecule has 1 aromatic rings. The number of nitrogens with one attached hydrogen (secondary N) is 1. The Morgan fingerprint density at radius 2 is 1.83 bits per heavy atom. The minimum atomic E-state index is -0.904. The number of ether oxygens (including phenoxy) is 3. The average molecular weight is 486 g/mol. The zero-order chi connectivity index (χ0) is 24.4. The Morgan fingerprint density at radius 1 is 1.09 bits per heavy atom. The Hall–Kier alpha value is -2.65. The molecule has 1 spiro atoms. The maximum absolute atomic E-state index is 13.8. The molecule has 3 saturated heterocycles. The molecule has 1 aliphatic carbocycles. The molecular formula is C26H35N3O6. The lowest BCUT2D eigenvalue weighted by Gasteiger charge is -2.45. The zero-order valence-electron chi connectivity index (χ0n) is 20.4. The van der Waals surface area contributed by atoms with Crippen molar-refractivity contribution in [2.75, 3.05) is 40.0 Å². The smallest absolute Gasteiger partial charge is 0.256 e. The maximum Gasteiger partial charge on any atom is 0.256 e. The second-order valence-electron chi connectivity index (χ2n) is 10.0. The minimum Gasteiger partial charge on any atom is -0.497 e. The van der Waals surface area contributed by atoms with Crippen LogP contribution in [-0.2, 0) is 19.1 Å². The molecule has 9 nitrogen and oxygen atoms in total. The number of nitrogens with zero attached hydrogens (tertiary/aromatic N) is 2. The maximum atomic E-state index is 13.8. The van der Waals surface area contributed by atoms with Crippen molar-refractivity contribution in [1.29, 1.82) is 0 Å². The summed E-state index contributed by atoms with van der Waals surface area (Å²) in [5, 5.41) is 2.98. The van der Waals surface area contributed by atoms with Gasteiger partial charge < -0.3 is 24.4 Å². The first-order valence-electron chi connectivity index (χ1n) is 12.8. The van der Waals surface area contributed by atoms with E-state index in [0.29, 0.717) is 50.4 Å². The highest BCUT2D eigenvalue weighted by molar-refractivity contribution is 5.98. The number of rotatable bonds is 6. The van der Waals surface area contributed by atoms with Gasteiger partial charge in [-0.3, -0.25) is 19.3 Å². The Bertz CT molecular complexity index is 933. The van der Waals surface area contributed by atoms with E-state index in [1.54, 1.807) is 36.3 Å². The fourth-order valence-electron chi connectivity index (χ4n) is 5.57. The van der Waals surface area contributed by atoms with Gasteiger partial charge in [0.05, 0.1) is 19.8 Å². The molecule has 1 N–H and O–H groups in total. The second kappa shape index (κ2) is 10.1. The number of likely N-dealkylation sites (tertiary alicyclic amines) is 1. The largest absolute Gasteiger partial charge is 0.497 e. The van der Waals surface area contributed by atoms with Crippen molar-refractivity contribution in [1.82, 2.24) is 15.1 Å². The van der Waals surface area contributed by atoms with E-state index in [4.69, 9.17) is 14.2 Å². The predicted molar refractivity (Wildman–Crippen MR) is 127 cm³/mol. The molecule has 4 fully saturated rings. The lowest BCUT2D eigenvalue weighted by Crippen LogP contribution is -2.60. The van der Waals surface area contributed by atoms with Crippen LogP contribution >= 0.6 is 0 Å². The first-order valence-corrected chi connectivity index (χ1v) is 12.8. The molecule has 0 aromatic heterocycles. The standard InChI is InChI=1S/C26H35N3O6/c1-33-20-9-7-19(8-10-20)25(32)29-22(23(30)27-16-21-6-3-15-34-21)17-35-26(29)11-13-28(14-12-26)24(31)18-4-2-5-18/h7-10,18,21-22H,2-6,11-17H2,1H3,(H,27,30)/t21-,22+/m0/s1. The Kier molecular flexibility index (Phi) is 6.98. The first-order chi connectivity index (χ1) is 17.0. The van der Waals surface area contributed by atoms with Crippen LogP contribution in [0, 0.1) is 5.92 Å². The van der Waals surface area contributed by atoms with Gasteiger partial charge in [0.15, 0.2) is 0 Å². The number of amides is 3. The Morgan fingerprint density at radius 3 is 2.43 bits per heavy atom.